The third-order valence-electron chi connectivity index (χ3n) is 4.63. The van der Waals surface area contributed by atoms with Gasteiger partial charge in [-0.2, -0.15) is 5.10 Å². The predicted octanol–water partition coefficient (Wildman–Crippen LogP) is 6.16. The molecule has 29 heavy (non-hydrogen) atoms. The minimum Gasteiger partial charge on any atom is -0.497 e. The van der Waals surface area contributed by atoms with E-state index in [0.717, 1.165) is 32.4 Å². The fraction of sp³-hybridized carbons (Fsp3) is 0.174. The Kier molecular flexibility index (Phi) is 5.21. The predicted molar refractivity (Wildman–Crippen MR) is 119 cm³/mol. The molecule has 0 spiro atoms. The molecular weight excluding hydrogens is 404 g/mol. The Bertz CT molecular complexity index is 1160. The van der Waals surface area contributed by atoms with Crippen LogP contribution in [0.15, 0.2) is 66.7 Å². The van der Waals surface area contributed by atoms with E-state index in [1.807, 2.05) is 48.5 Å². The first-order valence-electron chi connectivity index (χ1n) is 9.19. The number of hydrogen-bond acceptors (Lipinski definition) is 4. The third-order valence-corrected chi connectivity index (χ3v) is 6.11. The SMILES string of the molecule is COc1cccc(-c2ccc(-c3cc(C(C)(C)O)nn3-c3ccccc3Cl)s2)c1. The van der Waals surface area contributed by atoms with Crippen LogP contribution in [0.4, 0.5) is 0 Å². The molecule has 0 radical (unpaired) electrons. The summed E-state index contributed by atoms with van der Waals surface area (Å²) in [4.78, 5) is 2.15. The van der Waals surface area contributed by atoms with E-state index >= 15 is 0 Å². The van der Waals surface area contributed by atoms with E-state index in [1.165, 1.54) is 0 Å². The molecule has 0 amide bonds. The average Bonchev–Trinajstić information content (AvgIpc) is 3.35. The second kappa shape index (κ2) is 7.67. The van der Waals surface area contributed by atoms with Gasteiger partial charge in [-0.05, 0) is 61.9 Å². The summed E-state index contributed by atoms with van der Waals surface area (Å²) in [6.45, 7) is 3.46. The second-order valence-electron chi connectivity index (χ2n) is 7.23. The number of methoxy groups -OCH3 is 1. The molecule has 0 saturated carbocycles. The lowest BCUT2D eigenvalue weighted by Crippen LogP contribution is -2.16. The smallest absolute Gasteiger partial charge is 0.119 e. The molecular formula is C23H21ClN2O2S. The molecule has 0 bridgehead atoms. The number of para-hydroxylation sites is 1. The van der Waals surface area contributed by atoms with Gasteiger partial charge in [0.05, 0.1) is 34.1 Å². The van der Waals surface area contributed by atoms with Gasteiger partial charge in [0.2, 0.25) is 0 Å². The lowest BCUT2D eigenvalue weighted by molar-refractivity contribution is 0.0734. The first-order valence-corrected chi connectivity index (χ1v) is 10.4. The Morgan fingerprint density at radius 2 is 1.76 bits per heavy atom. The molecule has 0 aliphatic heterocycles. The Morgan fingerprint density at radius 3 is 2.48 bits per heavy atom. The molecule has 4 nitrogen and oxygen atoms in total. The lowest BCUT2D eigenvalue weighted by atomic mass is 10.1. The zero-order valence-electron chi connectivity index (χ0n) is 16.4. The Hall–Kier alpha value is -2.60. The maximum atomic E-state index is 10.5. The van der Waals surface area contributed by atoms with Crippen LogP contribution in [0.25, 0.3) is 26.7 Å². The first-order chi connectivity index (χ1) is 13.9. The summed E-state index contributed by atoms with van der Waals surface area (Å²) < 4.78 is 7.15. The molecule has 0 aliphatic rings. The number of aliphatic hydroxyl groups is 1. The molecule has 0 saturated heterocycles. The van der Waals surface area contributed by atoms with E-state index in [0.29, 0.717) is 10.7 Å². The number of nitrogens with zero attached hydrogens (tertiary/aromatic N) is 2. The van der Waals surface area contributed by atoms with Gasteiger partial charge >= 0.3 is 0 Å². The van der Waals surface area contributed by atoms with Crippen LogP contribution >= 0.6 is 22.9 Å². The Balaban J connectivity index is 1.84. The van der Waals surface area contributed by atoms with Crippen LogP contribution in [0.5, 0.6) is 5.75 Å². The Labute approximate surface area is 179 Å². The molecule has 0 unspecified atom stereocenters. The summed E-state index contributed by atoms with van der Waals surface area (Å²) in [6, 6.07) is 21.6. The van der Waals surface area contributed by atoms with Gasteiger partial charge in [-0.3, -0.25) is 0 Å². The molecule has 2 aromatic carbocycles. The van der Waals surface area contributed by atoms with E-state index in [4.69, 9.17) is 16.3 Å². The van der Waals surface area contributed by atoms with Crippen molar-refractivity contribution in [2.24, 2.45) is 0 Å². The van der Waals surface area contributed by atoms with Gasteiger partial charge in [-0.15, -0.1) is 11.3 Å². The van der Waals surface area contributed by atoms with Crippen molar-refractivity contribution in [1.82, 2.24) is 9.78 Å². The van der Waals surface area contributed by atoms with Crippen molar-refractivity contribution in [1.29, 1.82) is 0 Å². The van der Waals surface area contributed by atoms with Crippen LogP contribution in [0.1, 0.15) is 19.5 Å². The van der Waals surface area contributed by atoms with Crippen molar-refractivity contribution in [2.75, 3.05) is 7.11 Å². The largest absolute Gasteiger partial charge is 0.497 e. The van der Waals surface area contributed by atoms with Gasteiger partial charge in [-0.1, -0.05) is 35.9 Å². The van der Waals surface area contributed by atoms with Gasteiger partial charge < -0.3 is 9.84 Å². The maximum Gasteiger partial charge on any atom is 0.119 e. The van der Waals surface area contributed by atoms with Crippen molar-refractivity contribution in [3.8, 4) is 32.4 Å². The van der Waals surface area contributed by atoms with Crippen molar-refractivity contribution in [3.63, 3.8) is 0 Å². The highest BCUT2D eigenvalue weighted by Crippen LogP contribution is 2.38. The minimum absolute atomic E-state index is 0.587. The van der Waals surface area contributed by atoms with Crippen LogP contribution in [-0.2, 0) is 5.60 Å². The summed E-state index contributed by atoms with van der Waals surface area (Å²) in [5, 5.41) is 15.8. The maximum absolute atomic E-state index is 10.5. The highest BCUT2D eigenvalue weighted by Gasteiger charge is 2.24. The first kappa shape index (κ1) is 19.7. The normalized spacial score (nSPS) is 11.6. The quantitative estimate of drug-likeness (QED) is 0.417. The van der Waals surface area contributed by atoms with E-state index in [1.54, 1.807) is 37.0 Å². The molecule has 0 atom stereocenters. The number of benzene rings is 2. The number of rotatable bonds is 5. The highest BCUT2D eigenvalue weighted by molar-refractivity contribution is 7.18. The van der Waals surface area contributed by atoms with Crippen LogP contribution < -0.4 is 4.74 Å². The topological polar surface area (TPSA) is 47.3 Å². The fourth-order valence-electron chi connectivity index (χ4n) is 3.07. The van der Waals surface area contributed by atoms with Gasteiger partial charge in [0.1, 0.15) is 11.4 Å². The number of ether oxygens (including phenoxy) is 1. The van der Waals surface area contributed by atoms with Gasteiger partial charge in [0.25, 0.3) is 0 Å². The molecule has 1 N–H and O–H groups in total. The zero-order valence-corrected chi connectivity index (χ0v) is 18.0. The molecule has 148 valence electrons. The highest BCUT2D eigenvalue weighted by atomic mass is 35.5. The number of halogens is 1. The summed E-state index contributed by atoms with van der Waals surface area (Å²) >= 11 is 8.10. The molecule has 4 aromatic rings. The second-order valence-corrected chi connectivity index (χ2v) is 8.72. The zero-order chi connectivity index (χ0) is 20.6. The van der Waals surface area contributed by atoms with E-state index < -0.39 is 5.60 Å². The van der Waals surface area contributed by atoms with E-state index in [9.17, 15) is 5.11 Å². The summed E-state index contributed by atoms with van der Waals surface area (Å²) in [6.07, 6.45) is 0. The standard InChI is InChI=1S/C23H21ClN2O2S/c1-23(2,27)22-14-19(26(25-22)18-10-5-4-9-17(18)24)21-12-11-20(29-21)15-7-6-8-16(13-15)28-3/h4-14,27H,1-3H3. The fourth-order valence-corrected chi connectivity index (χ4v) is 4.29. The number of thiophene rings is 1. The molecule has 6 heteroatoms. The van der Waals surface area contributed by atoms with Gasteiger partial charge in [-0.25, -0.2) is 4.68 Å². The molecule has 2 heterocycles. The average molecular weight is 425 g/mol. The van der Waals surface area contributed by atoms with Crippen molar-refractivity contribution < 1.29 is 9.84 Å². The summed E-state index contributed by atoms with van der Waals surface area (Å²) in [5.74, 6) is 0.822. The minimum atomic E-state index is -1.06. The Morgan fingerprint density at radius 1 is 1.00 bits per heavy atom. The molecule has 0 fully saturated rings. The monoisotopic (exact) mass is 424 g/mol. The van der Waals surface area contributed by atoms with Gasteiger partial charge in [0, 0.05) is 4.88 Å². The van der Waals surface area contributed by atoms with Crippen LogP contribution in [-0.4, -0.2) is 22.0 Å². The summed E-state index contributed by atoms with van der Waals surface area (Å²) in [7, 11) is 1.67. The van der Waals surface area contributed by atoms with Crippen LogP contribution in [0.2, 0.25) is 5.02 Å². The number of hydrogen-bond donors (Lipinski definition) is 1. The van der Waals surface area contributed by atoms with Crippen LogP contribution in [0.3, 0.4) is 0 Å². The lowest BCUT2D eigenvalue weighted by Gasteiger charge is -2.13. The van der Waals surface area contributed by atoms with Crippen molar-refractivity contribution in [2.45, 2.75) is 19.4 Å². The third kappa shape index (κ3) is 3.94. The van der Waals surface area contributed by atoms with Crippen molar-refractivity contribution >= 4 is 22.9 Å². The van der Waals surface area contributed by atoms with Crippen molar-refractivity contribution in [3.05, 3.63) is 77.4 Å². The van der Waals surface area contributed by atoms with Gasteiger partial charge in [0.15, 0.2) is 0 Å². The molecule has 2 aromatic heterocycles. The molecule has 0 aliphatic carbocycles. The van der Waals surface area contributed by atoms with E-state index in [-0.39, 0.29) is 0 Å². The molecule has 4 rings (SSSR count). The summed E-state index contributed by atoms with van der Waals surface area (Å²) in [5.41, 5.74) is 2.27. The number of aromatic nitrogens is 2. The van der Waals surface area contributed by atoms with E-state index in [2.05, 4.69) is 23.3 Å². The van der Waals surface area contributed by atoms with Crippen LogP contribution in [0, 0.1) is 0 Å².